The van der Waals surface area contributed by atoms with Gasteiger partial charge < -0.3 is 20.2 Å². The highest BCUT2D eigenvalue weighted by atomic mass is 19.1. The molecule has 2 aliphatic rings. The van der Waals surface area contributed by atoms with Crippen LogP contribution in [0.4, 0.5) is 10.1 Å². The van der Waals surface area contributed by atoms with E-state index in [1.807, 2.05) is 13.8 Å². The third-order valence-electron chi connectivity index (χ3n) is 6.93. The summed E-state index contributed by atoms with van der Waals surface area (Å²) in [6.07, 6.45) is 5.86. The van der Waals surface area contributed by atoms with Gasteiger partial charge in [0.25, 0.3) is 0 Å². The van der Waals surface area contributed by atoms with Crippen LogP contribution in [-0.2, 0) is 25.7 Å². The molecule has 1 fully saturated rings. The van der Waals surface area contributed by atoms with Crippen LogP contribution in [0.1, 0.15) is 38.8 Å². The van der Waals surface area contributed by atoms with E-state index in [0.29, 0.717) is 66.5 Å². The topological polar surface area (TPSA) is 138 Å². The number of hydrogen-bond donors (Lipinski definition) is 1. The summed E-state index contributed by atoms with van der Waals surface area (Å²) in [7, 11) is 0. The quantitative estimate of drug-likeness (QED) is 0.381. The van der Waals surface area contributed by atoms with E-state index < -0.39 is 23.9 Å². The lowest BCUT2D eigenvalue weighted by atomic mass is 10.0. The molecular formula is C28H32FN7O4. The minimum Gasteiger partial charge on any atom is -0.460 e. The average Bonchev–Trinajstić information content (AvgIpc) is 3.69. The number of halogens is 1. The van der Waals surface area contributed by atoms with Crippen molar-refractivity contribution in [2.45, 2.75) is 51.8 Å². The maximum atomic E-state index is 15.2. The van der Waals surface area contributed by atoms with Crippen molar-refractivity contribution in [3.8, 4) is 11.1 Å². The molecule has 12 heteroatoms. The first-order valence-corrected chi connectivity index (χ1v) is 13.3. The van der Waals surface area contributed by atoms with Crippen molar-refractivity contribution >= 4 is 23.3 Å². The second kappa shape index (κ2) is 11.9. The number of anilines is 1. The van der Waals surface area contributed by atoms with Crippen molar-refractivity contribution in [1.82, 2.24) is 20.0 Å². The van der Waals surface area contributed by atoms with Crippen molar-refractivity contribution < 1.29 is 23.6 Å². The van der Waals surface area contributed by atoms with Crippen molar-refractivity contribution in [3.63, 3.8) is 0 Å². The number of rotatable bonds is 10. The van der Waals surface area contributed by atoms with Gasteiger partial charge in [-0.25, -0.2) is 4.39 Å². The summed E-state index contributed by atoms with van der Waals surface area (Å²) in [5.74, 6) is -0.584. The molecule has 2 aliphatic heterocycles. The first-order valence-electron chi connectivity index (χ1n) is 13.3. The molecule has 1 amide bonds. The van der Waals surface area contributed by atoms with Gasteiger partial charge in [-0.3, -0.25) is 19.3 Å². The zero-order chi connectivity index (χ0) is 28.2. The van der Waals surface area contributed by atoms with Crippen LogP contribution in [-0.4, -0.2) is 62.9 Å². The number of benzene rings is 1. The number of esters is 1. The molecule has 0 bridgehead atoms. The van der Waals surface area contributed by atoms with Crippen LogP contribution in [0.2, 0.25) is 0 Å². The number of oxime groups is 1. The Kier molecular flexibility index (Phi) is 8.15. The Labute approximate surface area is 231 Å². The highest BCUT2D eigenvalue weighted by molar-refractivity contribution is 6.00. The Morgan fingerprint density at radius 1 is 1.25 bits per heavy atom. The number of hydrogen-bond acceptors (Lipinski definition) is 9. The van der Waals surface area contributed by atoms with Gasteiger partial charge in [-0.2, -0.15) is 0 Å². The first-order chi connectivity index (χ1) is 19.3. The number of pyridine rings is 1. The molecule has 1 saturated heterocycles. The van der Waals surface area contributed by atoms with Gasteiger partial charge in [0.05, 0.1) is 11.9 Å². The van der Waals surface area contributed by atoms with Gasteiger partial charge >= 0.3 is 5.97 Å². The molecule has 210 valence electrons. The van der Waals surface area contributed by atoms with Crippen LogP contribution in [0.25, 0.3) is 11.1 Å². The summed E-state index contributed by atoms with van der Waals surface area (Å²) >= 11 is 0. The molecule has 0 unspecified atom stereocenters. The van der Waals surface area contributed by atoms with E-state index in [2.05, 4.69) is 20.5 Å². The van der Waals surface area contributed by atoms with E-state index >= 15 is 4.39 Å². The fraction of sp³-hybridized carbons (Fsp3) is 0.429. The van der Waals surface area contributed by atoms with E-state index in [-0.39, 0.29) is 18.4 Å². The third kappa shape index (κ3) is 6.33. The van der Waals surface area contributed by atoms with Crippen LogP contribution in [0, 0.1) is 17.7 Å². The molecule has 11 nitrogen and oxygen atoms in total. The third-order valence-corrected chi connectivity index (χ3v) is 6.93. The number of nitrogens with zero attached hydrogens (tertiary/aromatic N) is 6. The van der Waals surface area contributed by atoms with Crippen LogP contribution >= 0.6 is 0 Å². The predicted octanol–water partition coefficient (Wildman–Crippen LogP) is 2.94. The number of ether oxygens (including phenoxy) is 1. The number of carbonyl (C=O) groups is 2. The Morgan fingerprint density at radius 3 is 2.80 bits per heavy atom. The van der Waals surface area contributed by atoms with Crippen molar-refractivity contribution in [2.24, 2.45) is 22.7 Å². The smallest absolute Gasteiger partial charge is 0.323 e. The standard InChI is InChI=1S/C28H32FN7O4/c1-17(2)9-24(30)28(38)39-16-21-12-26(33-40-21)25-6-3-19(13-31-25)22-5-4-20(11-23(22)29)36-15-18(10-27(36)37)14-35-8-7-32-34-35/h3-8,11,13,17-18,21,24H,9-10,12,14-16,30H2,1-2H3/t18-,21-,24-/m0/s1. The maximum Gasteiger partial charge on any atom is 0.323 e. The summed E-state index contributed by atoms with van der Waals surface area (Å²) < 4.78 is 22.2. The van der Waals surface area contributed by atoms with Crippen LogP contribution in [0.15, 0.2) is 54.1 Å². The lowest BCUT2D eigenvalue weighted by Crippen LogP contribution is -2.35. The van der Waals surface area contributed by atoms with Gasteiger partial charge in [-0.05, 0) is 36.6 Å². The highest BCUT2D eigenvalue weighted by Gasteiger charge is 2.31. The molecule has 3 atom stereocenters. The van der Waals surface area contributed by atoms with Crippen LogP contribution in [0.5, 0.6) is 0 Å². The summed E-state index contributed by atoms with van der Waals surface area (Å²) in [5, 5.41) is 11.8. The van der Waals surface area contributed by atoms with E-state index in [1.54, 1.807) is 52.4 Å². The molecule has 1 aromatic carbocycles. The largest absolute Gasteiger partial charge is 0.460 e. The number of aromatic nitrogens is 4. The van der Waals surface area contributed by atoms with Gasteiger partial charge in [0.15, 0.2) is 6.10 Å². The zero-order valence-corrected chi connectivity index (χ0v) is 22.4. The molecule has 5 rings (SSSR count). The molecule has 4 heterocycles. The first kappa shape index (κ1) is 27.4. The van der Waals surface area contributed by atoms with Crippen LogP contribution in [0.3, 0.4) is 0 Å². The SMILES string of the molecule is CC(C)C[C@H](N)C(=O)OC[C@@H]1CC(c2ccc(-c3ccc(N4C[C@H](Cn5ccnn5)CC4=O)cc3F)cn2)=NO1. The monoisotopic (exact) mass is 549 g/mol. The van der Waals surface area contributed by atoms with E-state index in [0.717, 1.165) is 0 Å². The second-order valence-corrected chi connectivity index (χ2v) is 10.6. The maximum absolute atomic E-state index is 15.2. The van der Waals surface area contributed by atoms with Crippen LogP contribution < -0.4 is 10.6 Å². The highest BCUT2D eigenvalue weighted by Crippen LogP contribution is 2.31. The minimum absolute atomic E-state index is 0.0469. The molecule has 0 saturated carbocycles. The minimum atomic E-state index is -0.663. The van der Waals surface area contributed by atoms with Crippen molar-refractivity contribution in [3.05, 3.63) is 60.4 Å². The van der Waals surface area contributed by atoms with Gasteiger partial charge in [0.1, 0.15) is 24.2 Å². The van der Waals surface area contributed by atoms with Gasteiger partial charge in [-0.15, -0.1) is 5.10 Å². The molecule has 0 radical (unpaired) electrons. The Bertz CT molecular complexity index is 1380. The predicted molar refractivity (Wildman–Crippen MR) is 145 cm³/mol. The fourth-order valence-electron chi connectivity index (χ4n) is 4.93. The van der Waals surface area contributed by atoms with Gasteiger partial charge in [-0.1, -0.05) is 30.3 Å². The average molecular weight is 550 g/mol. The summed E-state index contributed by atoms with van der Waals surface area (Å²) in [5.41, 5.74) is 8.56. The molecule has 40 heavy (non-hydrogen) atoms. The Morgan fingerprint density at radius 2 is 2.10 bits per heavy atom. The summed E-state index contributed by atoms with van der Waals surface area (Å²) in [6.45, 7) is 5.10. The van der Waals surface area contributed by atoms with E-state index in [9.17, 15) is 9.59 Å². The van der Waals surface area contributed by atoms with E-state index in [4.69, 9.17) is 15.3 Å². The van der Waals surface area contributed by atoms with Gasteiger partial charge in [0, 0.05) is 61.1 Å². The van der Waals surface area contributed by atoms with Gasteiger partial charge in [0.2, 0.25) is 5.91 Å². The fourth-order valence-corrected chi connectivity index (χ4v) is 4.93. The molecule has 0 spiro atoms. The second-order valence-electron chi connectivity index (χ2n) is 10.6. The molecular weight excluding hydrogens is 517 g/mol. The molecule has 2 N–H and O–H groups in total. The zero-order valence-electron chi connectivity index (χ0n) is 22.4. The summed E-state index contributed by atoms with van der Waals surface area (Å²) in [6, 6.07) is 7.63. The van der Waals surface area contributed by atoms with Crippen molar-refractivity contribution in [2.75, 3.05) is 18.1 Å². The number of nitrogens with two attached hydrogens (primary N) is 1. The number of amides is 1. The van der Waals surface area contributed by atoms with Crippen molar-refractivity contribution in [1.29, 1.82) is 0 Å². The molecule has 0 aliphatic carbocycles. The normalized spacial score (nSPS) is 19.6. The molecule has 3 aromatic rings. The summed E-state index contributed by atoms with van der Waals surface area (Å²) in [4.78, 5) is 36.1. The lowest BCUT2D eigenvalue weighted by Gasteiger charge is -2.18. The van der Waals surface area contributed by atoms with E-state index in [1.165, 1.54) is 6.07 Å². The number of carbonyl (C=O) groups excluding carboxylic acids is 2. The molecule has 2 aromatic heterocycles. The Balaban J connectivity index is 1.17. The Hall–Kier alpha value is -4.19. The lowest BCUT2D eigenvalue weighted by molar-refractivity contribution is -0.149.